The number of benzene rings is 1. The van der Waals surface area contributed by atoms with Gasteiger partial charge in [-0.05, 0) is 44.2 Å². The maximum atomic E-state index is 12.3. The van der Waals surface area contributed by atoms with Crippen molar-refractivity contribution in [3.63, 3.8) is 0 Å². The first kappa shape index (κ1) is 17.1. The number of amides is 1. The molecule has 5 heteroatoms. The van der Waals surface area contributed by atoms with Crippen molar-refractivity contribution in [2.24, 2.45) is 0 Å². The van der Waals surface area contributed by atoms with Crippen LogP contribution in [0.2, 0.25) is 5.02 Å². The molecule has 1 aromatic carbocycles. The van der Waals surface area contributed by atoms with E-state index in [0.717, 1.165) is 5.56 Å². The first-order valence-electron chi connectivity index (χ1n) is 7.97. The molecule has 0 radical (unpaired) electrons. The Morgan fingerprint density at radius 1 is 1.36 bits per heavy atom. The van der Waals surface area contributed by atoms with Gasteiger partial charge in [0.15, 0.2) is 6.54 Å². The van der Waals surface area contributed by atoms with E-state index in [1.807, 2.05) is 13.0 Å². The summed E-state index contributed by atoms with van der Waals surface area (Å²) in [5, 5.41) is 3.59. The Morgan fingerprint density at radius 3 is 2.68 bits per heavy atom. The summed E-state index contributed by atoms with van der Waals surface area (Å²) in [5.74, 6) is 0.613. The van der Waals surface area contributed by atoms with Crippen molar-refractivity contribution in [2.45, 2.75) is 45.1 Å². The van der Waals surface area contributed by atoms with Crippen LogP contribution in [0.3, 0.4) is 0 Å². The van der Waals surface area contributed by atoms with Gasteiger partial charge in [0.05, 0.1) is 25.9 Å². The van der Waals surface area contributed by atoms with Crippen LogP contribution in [0.25, 0.3) is 0 Å². The SMILES string of the molecule is COc1cc(Cl)c(C)cc1NC(=O)C[NH+](C)C1CCCCC1. The van der Waals surface area contributed by atoms with Gasteiger partial charge < -0.3 is 15.0 Å². The first-order valence-corrected chi connectivity index (χ1v) is 8.35. The molecule has 0 bridgehead atoms. The topological polar surface area (TPSA) is 42.8 Å². The van der Waals surface area contributed by atoms with Gasteiger partial charge in [-0.2, -0.15) is 0 Å². The summed E-state index contributed by atoms with van der Waals surface area (Å²) in [6, 6.07) is 4.20. The Morgan fingerprint density at radius 2 is 2.05 bits per heavy atom. The number of ether oxygens (including phenoxy) is 1. The average Bonchev–Trinajstić information content (AvgIpc) is 2.51. The zero-order chi connectivity index (χ0) is 16.1. The van der Waals surface area contributed by atoms with E-state index in [1.165, 1.54) is 37.0 Å². The molecule has 122 valence electrons. The van der Waals surface area contributed by atoms with Crippen LogP contribution in [0, 0.1) is 6.92 Å². The van der Waals surface area contributed by atoms with Gasteiger partial charge in [-0.3, -0.25) is 4.79 Å². The highest BCUT2D eigenvalue weighted by Gasteiger charge is 2.23. The number of nitrogens with one attached hydrogen (secondary N) is 2. The first-order chi connectivity index (χ1) is 10.5. The van der Waals surface area contributed by atoms with Crippen molar-refractivity contribution in [1.29, 1.82) is 0 Å². The number of carbonyl (C=O) groups is 1. The highest BCUT2D eigenvalue weighted by Crippen LogP contribution is 2.30. The summed E-state index contributed by atoms with van der Waals surface area (Å²) in [6.07, 6.45) is 6.35. The Balaban J connectivity index is 1.98. The van der Waals surface area contributed by atoms with E-state index < -0.39 is 0 Å². The molecule has 0 heterocycles. The molecular weight excluding hydrogens is 300 g/mol. The van der Waals surface area contributed by atoms with Crippen LogP contribution in [0.1, 0.15) is 37.7 Å². The number of halogens is 1. The van der Waals surface area contributed by atoms with Crippen molar-refractivity contribution in [3.8, 4) is 5.75 Å². The molecule has 2 rings (SSSR count). The van der Waals surface area contributed by atoms with Gasteiger partial charge in [0.25, 0.3) is 5.91 Å². The molecule has 4 nitrogen and oxygen atoms in total. The Hall–Kier alpha value is -1.26. The molecule has 0 spiro atoms. The third-order valence-corrected chi connectivity index (χ3v) is 4.90. The summed E-state index contributed by atoms with van der Waals surface area (Å²) in [5.41, 5.74) is 1.61. The van der Waals surface area contributed by atoms with E-state index in [4.69, 9.17) is 16.3 Å². The lowest BCUT2D eigenvalue weighted by Crippen LogP contribution is -3.14. The normalized spacial score (nSPS) is 17.1. The molecule has 2 N–H and O–H groups in total. The van der Waals surface area contributed by atoms with Crippen molar-refractivity contribution in [2.75, 3.05) is 26.0 Å². The molecular formula is C17H26ClN2O2+. The fourth-order valence-electron chi connectivity index (χ4n) is 3.12. The summed E-state index contributed by atoms with van der Waals surface area (Å²) >= 11 is 6.09. The number of hydrogen-bond acceptors (Lipinski definition) is 2. The smallest absolute Gasteiger partial charge is 0.279 e. The van der Waals surface area contributed by atoms with Crippen LogP contribution in [-0.2, 0) is 4.79 Å². The Labute approximate surface area is 137 Å². The van der Waals surface area contributed by atoms with Crippen molar-refractivity contribution >= 4 is 23.2 Å². The molecule has 0 aliphatic heterocycles. The number of carbonyl (C=O) groups excluding carboxylic acids is 1. The molecule has 1 saturated carbocycles. The number of aryl methyl sites for hydroxylation is 1. The van der Waals surface area contributed by atoms with Crippen LogP contribution >= 0.6 is 11.6 Å². The average molecular weight is 326 g/mol. The van der Waals surface area contributed by atoms with Crippen LogP contribution in [0.15, 0.2) is 12.1 Å². The van der Waals surface area contributed by atoms with E-state index in [0.29, 0.717) is 29.0 Å². The van der Waals surface area contributed by atoms with Gasteiger partial charge in [-0.25, -0.2) is 0 Å². The number of anilines is 1. The zero-order valence-corrected chi connectivity index (χ0v) is 14.4. The van der Waals surface area contributed by atoms with Gasteiger partial charge in [0.1, 0.15) is 5.75 Å². The van der Waals surface area contributed by atoms with Crippen LogP contribution in [0.4, 0.5) is 5.69 Å². The van der Waals surface area contributed by atoms with Gasteiger partial charge >= 0.3 is 0 Å². The van der Waals surface area contributed by atoms with E-state index in [-0.39, 0.29) is 5.91 Å². The van der Waals surface area contributed by atoms with Crippen molar-refractivity contribution < 1.29 is 14.4 Å². The highest BCUT2D eigenvalue weighted by atomic mass is 35.5. The minimum atomic E-state index is 0.0168. The van der Waals surface area contributed by atoms with Crippen LogP contribution in [0.5, 0.6) is 5.75 Å². The predicted octanol–water partition coefficient (Wildman–Crippen LogP) is 2.44. The molecule has 1 unspecified atom stereocenters. The number of quaternary nitrogens is 1. The van der Waals surface area contributed by atoms with Crippen molar-refractivity contribution in [3.05, 3.63) is 22.7 Å². The molecule has 1 aliphatic rings. The fraction of sp³-hybridized carbons (Fsp3) is 0.588. The van der Waals surface area contributed by atoms with E-state index in [9.17, 15) is 4.79 Å². The van der Waals surface area contributed by atoms with Crippen LogP contribution in [-0.4, -0.2) is 32.7 Å². The third kappa shape index (κ3) is 4.37. The molecule has 1 atom stereocenters. The van der Waals surface area contributed by atoms with Gasteiger partial charge in [0.2, 0.25) is 0 Å². The van der Waals surface area contributed by atoms with Gasteiger partial charge in [-0.15, -0.1) is 0 Å². The predicted molar refractivity (Wildman–Crippen MR) is 90.0 cm³/mol. The number of likely N-dealkylation sites (N-methyl/N-ethyl adjacent to an activating group) is 1. The lowest BCUT2D eigenvalue weighted by atomic mass is 9.94. The Kier molecular flexibility index (Phi) is 6.09. The molecule has 0 aromatic heterocycles. The quantitative estimate of drug-likeness (QED) is 0.873. The van der Waals surface area contributed by atoms with E-state index in [2.05, 4.69) is 12.4 Å². The second kappa shape index (κ2) is 7.84. The summed E-state index contributed by atoms with van der Waals surface area (Å²) in [6.45, 7) is 2.40. The fourth-order valence-corrected chi connectivity index (χ4v) is 3.27. The van der Waals surface area contributed by atoms with E-state index in [1.54, 1.807) is 13.2 Å². The lowest BCUT2D eigenvalue weighted by Gasteiger charge is -2.27. The molecule has 1 fully saturated rings. The maximum Gasteiger partial charge on any atom is 0.279 e. The minimum Gasteiger partial charge on any atom is -0.495 e. The Bertz CT molecular complexity index is 528. The largest absolute Gasteiger partial charge is 0.495 e. The van der Waals surface area contributed by atoms with Crippen molar-refractivity contribution in [1.82, 2.24) is 0 Å². The molecule has 1 aromatic rings. The van der Waals surface area contributed by atoms with Gasteiger partial charge in [-0.1, -0.05) is 18.0 Å². The number of methoxy groups -OCH3 is 1. The second-order valence-corrected chi connectivity index (χ2v) is 6.62. The number of hydrogen-bond donors (Lipinski definition) is 2. The third-order valence-electron chi connectivity index (χ3n) is 4.50. The van der Waals surface area contributed by atoms with Gasteiger partial charge in [0, 0.05) is 11.1 Å². The number of rotatable bonds is 5. The minimum absolute atomic E-state index is 0.0168. The standard InChI is InChI=1S/C17H25ClN2O2/c1-12-9-15(16(22-3)10-14(12)18)19-17(21)11-20(2)13-7-5-4-6-8-13/h9-10,13H,4-8,11H2,1-3H3,(H,19,21)/p+1. The molecule has 1 amide bonds. The van der Waals surface area contributed by atoms with E-state index >= 15 is 0 Å². The zero-order valence-electron chi connectivity index (χ0n) is 13.7. The van der Waals surface area contributed by atoms with Crippen LogP contribution < -0.4 is 15.0 Å². The second-order valence-electron chi connectivity index (χ2n) is 6.21. The highest BCUT2D eigenvalue weighted by molar-refractivity contribution is 6.31. The summed E-state index contributed by atoms with van der Waals surface area (Å²) in [4.78, 5) is 13.6. The molecule has 0 saturated heterocycles. The monoisotopic (exact) mass is 325 g/mol. The maximum absolute atomic E-state index is 12.3. The summed E-state index contributed by atoms with van der Waals surface area (Å²) < 4.78 is 5.30. The summed E-state index contributed by atoms with van der Waals surface area (Å²) in [7, 11) is 3.69. The lowest BCUT2D eigenvalue weighted by molar-refractivity contribution is -0.899. The molecule has 22 heavy (non-hydrogen) atoms. The molecule has 1 aliphatic carbocycles.